The minimum absolute atomic E-state index is 0.0801. The minimum atomic E-state index is -3.94. The van der Waals surface area contributed by atoms with E-state index in [0.717, 1.165) is 11.1 Å². The van der Waals surface area contributed by atoms with Crippen molar-refractivity contribution in [2.75, 3.05) is 6.61 Å². The molecule has 0 saturated carbocycles. The number of amides is 2. The summed E-state index contributed by atoms with van der Waals surface area (Å²) < 4.78 is 28.2. The molecule has 0 fully saturated rings. The van der Waals surface area contributed by atoms with Crippen molar-refractivity contribution in [2.24, 2.45) is 5.73 Å². The van der Waals surface area contributed by atoms with Gasteiger partial charge < -0.3 is 21.5 Å². The molecule has 13 heteroatoms. The van der Waals surface area contributed by atoms with Gasteiger partial charge in [0.05, 0.1) is 12.4 Å². The standard InChI is InChI=1S/C26H31N7O5S/c27-24(28)21-4-1-19(2-5-21)15-31-25(35)23(16-34)32-26(36)22(6-3-18-7-11-29-12-8-18)33-39(37,38)17-20-9-13-30-14-10-20/h1-2,4-5,7-14,22-23,33-34H,3,6,15-17H2,(H3,27,28)(H,31,35)(H,32,36)/t22?,23-/m0/s1. The van der Waals surface area contributed by atoms with Crippen LogP contribution >= 0.6 is 0 Å². The summed E-state index contributed by atoms with van der Waals surface area (Å²) in [6.07, 6.45) is 6.61. The molecular weight excluding hydrogens is 522 g/mol. The fourth-order valence-corrected chi connectivity index (χ4v) is 5.01. The molecule has 3 rings (SSSR count). The molecule has 0 radical (unpaired) electrons. The lowest BCUT2D eigenvalue weighted by Gasteiger charge is -2.22. The minimum Gasteiger partial charge on any atom is -0.394 e. The molecule has 1 aromatic carbocycles. The van der Waals surface area contributed by atoms with Gasteiger partial charge in [-0.25, -0.2) is 13.1 Å². The van der Waals surface area contributed by atoms with Gasteiger partial charge in [-0.3, -0.25) is 25.0 Å². The van der Waals surface area contributed by atoms with Crippen LogP contribution in [0.5, 0.6) is 0 Å². The molecule has 0 bridgehead atoms. The van der Waals surface area contributed by atoms with E-state index in [4.69, 9.17) is 11.1 Å². The second-order valence-electron chi connectivity index (χ2n) is 8.75. The number of aliphatic hydroxyl groups excluding tert-OH is 1. The van der Waals surface area contributed by atoms with Crippen LogP contribution in [0.25, 0.3) is 0 Å². The first-order valence-corrected chi connectivity index (χ1v) is 13.7. The van der Waals surface area contributed by atoms with Crippen LogP contribution in [-0.4, -0.2) is 59.8 Å². The predicted octanol–water partition coefficient (Wildman–Crippen LogP) is -0.0250. The molecule has 0 saturated heterocycles. The van der Waals surface area contributed by atoms with Crippen molar-refractivity contribution in [2.45, 2.75) is 37.2 Å². The Hall–Kier alpha value is -4.20. The van der Waals surface area contributed by atoms with Crippen LogP contribution in [0.4, 0.5) is 0 Å². The zero-order valence-electron chi connectivity index (χ0n) is 21.1. The van der Waals surface area contributed by atoms with E-state index in [-0.39, 0.29) is 24.6 Å². The molecule has 2 heterocycles. The van der Waals surface area contributed by atoms with Crippen LogP contribution in [0.15, 0.2) is 73.3 Å². The third-order valence-electron chi connectivity index (χ3n) is 5.76. The van der Waals surface area contributed by atoms with E-state index in [2.05, 4.69) is 25.3 Å². The second kappa shape index (κ2) is 14.1. The summed E-state index contributed by atoms with van der Waals surface area (Å²) >= 11 is 0. The lowest BCUT2D eigenvalue weighted by Crippen LogP contribution is -2.55. The van der Waals surface area contributed by atoms with E-state index >= 15 is 0 Å². The molecule has 12 nitrogen and oxygen atoms in total. The van der Waals surface area contributed by atoms with Crippen LogP contribution in [-0.2, 0) is 38.3 Å². The normalized spacial score (nSPS) is 12.7. The van der Waals surface area contributed by atoms with Crippen molar-refractivity contribution in [1.82, 2.24) is 25.3 Å². The van der Waals surface area contributed by atoms with Crippen LogP contribution in [0.3, 0.4) is 0 Å². The Balaban J connectivity index is 1.66. The number of carbonyl (C=O) groups excluding carboxylic acids is 2. The maximum Gasteiger partial charge on any atom is 0.245 e. The van der Waals surface area contributed by atoms with E-state index in [0.29, 0.717) is 17.5 Å². The molecule has 0 aliphatic carbocycles. The maximum absolute atomic E-state index is 13.2. The van der Waals surface area contributed by atoms with Crippen molar-refractivity contribution < 1.29 is 23.1 Å². The summed E-state index contributed by atoms with van der Waals surface area (Å²) in [7, 11) is -3.94. The van der Waals surface area contributed by atoms with Gasteiger partial charge in [0.2, 0.25) is 21.8 Å². The molecule has 2 aromatic heterocycles. The fourth-order valence-electron chi connectivity index (χ4n) is 3.64. The van der Waals surface area contributed by atoms with Gasteiger partial charge in [0.25, 0.3) is 0 Å². The molecule has 0 spiro atoms. The highest BCUT2D eigenvalue weighted by Gasteiger charge is 2.28. The molecule has 2 atom stereocenters. The average molecular weight is 554 g/mol. The van der Waals surface area contributed by atoms with Gasteiger partial charge in [-0.05, 0) is 53.8 Å². The molecule has 3 aromatic rings. The van der Waals surface area contributed by atoms with Crippen LogP contribution in [0.1, 0.15) is 28.7 Å². The van der Waals surface area contributed by atoms with Crippen molar-refractivity contribution in [1.29, 1.82) is 5.41 Å². The summed E-state index contributed by atoms with van der Waals surface area (Å²) in [5.74, 6) is -1.83. The Morgan fingerprint density at radius 2 is 1.46 bits per heavy atom. The Labute approximate surface area is 226 Å². The van der Waals surface area contributed by atoms with Gasteiger partial charge >= 0.3 is 0 Å². The number of nitrogen functional groups attached to an aromatic ring is 1. The van der Waals surface area contributed by atoms with Gasteiger partial charge in [-0.2, -0.15) is 0 Å². The molecule has 7 N–H and O–H groups in total. The van der Waals surface area contributed by atoms with Gasteiger partial charge in [0.15, 0.2) is 0 Å². The van der Waals surface area contributed by atoms with Crippen molar-refractivity contribution in [3.63, 3.8) is 0 Å². The molecule has 1 unspecified atom stereocenters. The summed E-state index contributed by atoms with van der Waals surface area (Å²) in [6.45, 7) is -0.588. The Bertz CT molecular complexity index is 1350. The number of pyridine rings is 2. The Morgan fingerprint density at radius 1 is 0.872 bits per heavy atom. The molecule has 0 aliphatic heterocycles. The van der Waals surface area contributed by atoms with Crippen molar-refractivity contribution in [3.05, 3.63) is 95.6 Å². The average Bonchev–Trinajstić information content (AvgIpc) is 2.93. The number of aryl methyl sites for hydroxylation is 1. The highest BCUT2D eigenvalue weighted by atomic mass is 32.2. The van der Waals surface area contributed by atoms with Gasteiger partial charge in [0.1, 0.15) is 17.9 Å². The lowest BCUT2D eigenvalue weighted by atomic mass is 10.1. The van der Waals surface area contributed by atoms with Crippen LogP contribution < -0.4 is 21.1 Å². The van der Waals surface area contributed by atoms with E-state index in [1.165, 1.54) is 12.4 Å². The summed E-state index contributed by atoms with van der Waals surface area (Å²) in [4.78, 5) is 33.7. The Kier molecular flexibility index (Phi) is 10.6. The van der Waals surface area contributed by atoms with E-state index in [9.17, 15) is 23.1 Å². The molecule has 39 heavy (non-hydrogen) atoms. The summed E-state index contributed by atoms with van der Waals surface area (Å²) in [5.41, 5.74) is 8.04. The molecule has 206 valence electrons. The van der Waals surface area contributed by atoms with Gasteiger partial charge in [-0.1, -0.05) is 24.3 Å². The number of hydrogen-bond donors (Lipinski definition) is 6. The first-order valence-electron chi connectivity index (χ1n) is 12.1. The number of nitrogens with zero attached hydrogens (tertiary/aromatic N) is 2. The van der Waals surface area contributed by atoms with Crippen molar-refractivity contribution >= 4 is 27.7 Å². The number of aromatic nitrogens is 2. The molecular formula is C26H31N7O5S. The number of nitrogens with two attached hydrogens (primary N) is 1. The quantitative estimate of drug-likeness (QED) is 0.118. The third-order valence-corrected chi connectivity index (χ3v) is 7.12. The highest BCUT2D eigenvalue weighted by molar-refractivity contribution is 7.88. The number of amidine groups is 1. The molecule has 0 aliphatic rings. The Morgan fingerprint density at radius 3 is 2.03 bits per heavy atom. The number of aliphatic hydroxyl groups is 1. The molecule has 2 amide bonds. The number of carbonyl (C=O) groups is 2. The summed E-state index contributed by atoms with van der Waals surface area (Å²) in [6, 6.07) is 10.8. The predicted molar refractivity (Wildman–Crippen MR) is 145 cm³/mol. The van der Waals surface area contributed by atoms with E-state index in [1.54, 1.807) is 60.9 Å². The zero-order valence-corrected chi connectivity index (χ0v) is 21.9. The number of benzene rings is 1. The first-order chi connectivity index (χ1) is 18.7. The van der Waals surface area contributed by atoms with Gasteiger partial charge in [0, 0.05) is 36.9 Å². The SMILES string of the molecule is N=C(N)c1ccc(CNC(=O)[C@H](CO)NC(=O)C(CCc2ccncc2)NS(=O)(=O)Cc2ccncc2)cc1. The van der Waals surface area contributed by atoms with E-state index < -0.39 is 40.5 Å². The van der Waals surface area contributed by atoms with Crippen LogP contribution in [0.2, 0.25) is 0 Å². The monoisotopic (exact) mass is 553 g/mol. The summed E-state index contributed by atoms with van der Waals surface area (Å²) in [5, 5.41) is 22.3. The van der Waals surface area contributed by atoms with Crippen LogP contribution in [0, 0.1) is 5.41 Å². The van der Waals surface area contributed by atoms with Gasteiger partial charge in [-0.15, -0.1) is 0 Å². The fraction of sp³-hybridized carbons (Fsp3) is 0.269. The second-order valence-corrected chi connectivity index (χ2v) is 10.5. The first kappa shape index (κ1) is 29.4. The largest absolute Gasteiger partial charge is 0.394 e. The smallest absolute Gasteiger partial charge is 0.245 e. The lowest BCUT2D eigenvalue weighted by molar-refractivity contribution is -0.130. The highest BCUT2D eigenvalue weighted by Crippen LogP contribution is 2.09. The third kappa shape index (κ3) is 9.56. The number of hydrogen-bond acceptors (Lipinski definition) is 8. The van der Waals surface area contributed by atoms with E-state index in [1.807, 2.05) is 0 Å². The maximum atomic E-state index is 13.2. The number of sulfonamides is 1. The number of rotatable bonds is 14. The van der Waals surface area contributed by atoms with Crippen molar-refractivity contribution in [3.8, 4) is 0 Å². The zero-order chi connectivity index (χ0) is 28.3. The topological polar surface area (TPSA) is 200 Å². The number of nitrogens with one attached hydrogen (secondary N) is 4.